The molecule has 1 saturated carbocycles. The molecule has 1 aliphatic carbocycles. The highest BCUT2D eigenvalue weighted by molar-refractivity contribution is 5.73. The lowest BCUT2D eigenvalue weighted by Crippen LogP contribution is -2.34. The minimum Gasteiger partial charge on any atom is -0.343 e. The third kappa shape index (κ3) is 4.47. The average Bonchev–Trinajstić information content (AvgIpc) is 2.87. The molecule has 0 aromatic rings. The highest BCUT2D eigenvalue weighted by atomic mass is 16.2. The summed E-state index contributed by atoms with van der Waals surface area (Å²) >= 11 is 0. The Balaban J connectivity index is 1.70. The fourth-order valence-electron chi connectivity index (χ4n) is 4.16. The number of nitrogens with zero attached hydrogens (tertiary/aromatic N) is 2. The van der Waals surface area contributed by atoms with Gasteiger partial charge in [-0.2, -0.15) is 0 Å². The maximum absolute atomic E-state index is 11.4. The predicted molar refractivity (Wildman–Crippen MR) is 83.6 cm³/mol. The second-order valence-electron chi connectivity index (χ2n) is 7.15. The molecule has 1 aliphatic heterocycles. The summed E-state index contributed by atoms with van der Waals surface area (Å²) in [7, 11) is 2.27. The van der Waals surface area contributed by atoms with E-state index in [0.29, 0.717) is 5.92 Å². The van der Waals surface area contributed by atoms with Crippen LogP contribution in [0.2, 0.25) is 0 Å². The molecule has 3 nitrogen and oxygen atoms in total. The van der Waals surface area contributed by atoms with Gasteiger partial charge in [0.15, 0.2) is 0 Å². The van der Waals surface area contributed by atoms with E-state index in [2.05, 4.69) is 18.9 Å². The molecule has 1 saturated heterocycles. The zero-order valence-corrected chi connectivity index (χ0v) is 13.6. The molecule has 116 valence electrons. The normalized spacial score (nSPS) is 31.0. The van der Waals surface area contributed by atoms with E-state index in [1.807, 2.05) is 4.90 Å². The van der Waals surface area contributed by atoms with Gasteiger partial charge in [0.2, 0.25) is 5.91 Å². The average molecular weight is 280 g/mol. The van der Waals surface area contributed by atoms with E-state index in [1.165, 1.54) is 45.1 Å². The fraction of sp³-hybridized carbons (Fsp3) is 0.941. The van der Waals surface area contributed by atoms with Crippen molar-refractivity contribution < 1.29 is 4.79 Å². The van der Waals surface area contributed by atoms with Crippen LogP contribution in [0, 0.1) is 17.8 Å². The van der Waals surface area contributed by atoms with Crippen molar-refractivity contribution in [1.29, 1.82) is 0 Å². The third-order valence-electron chi connectivity index (χ3n) is 5.34. The Kier molecular flexibility index (Phi) is 5.88. The molecule has 2 aliphatic rings. The Hall–Kier alpha value is -0.570. The van der Waals surface area contributed by atoms with Crippen LogP contribution < -0.4 is 0 Å². The summed E-state index contributed by atoms with van der Waals surface area (Å²) in [4.78, 5) is 15.9. The summed E-state index contributed by atoms with van der Waals surface area (Å²) in [6.07, 6.45) is 8.28. The zero-order chi connectivity index (χ0) is 14.5. The molecule has 1 heterocycles. The first-order valence-corrected chi connectivity index (χ1v) is 8.52. The molecule has 0 aromatic carbocycles. The summed E-state index contributed by atoms with van der Waals surface area (Å²) in [6, 6.07) is 0. The van der Waals surface area contributed by atoms with Crippen LogP contribution in [-0.2, 0) is 4.79 Å². The second kappa shape index (κ2) is 7.44. The largest absolute Gasteiger partial charge is 0.343 e. The third-order valence-corrected chi connectivity index (χ3v) is 5.34. The molecule has 0 N–H and O–H groups in total. The van der Waals surface area contributed by atoms with E-state index < -0.39 is 0 Å². The van der Waals surface area contributed by atoms with Crippen LogP contribution in [-0.4, -0.2) is 48.9 Å². The molecule has 3 unspecified atom stereocenters. The number of carbonyl (C=O) groups excluding carboxylic acids is 1. The molecular weight excluding hydrogens is 248 g/mol. The van der Waals surface area contributed by atoms with E-state index in [1.54, 1.807) is 6.92 Å². The van der Waals surface area contributed by atoms with Crippen molar-refractivity contribution in [2.75, 3.05) is 33.2 Å². The molecule has 3 atom stereocenters. The van der Waals surface area contributed by atoms with Gasteiger partial charge >= 0.3 is 0 Å². The Bertz CT molecular complexity index is 318. The van der Waals surface area contributed by atoms with E-state index in [0.717, 1.165) is 31.5 Å². The number of amides is 1. The highest BCUT2D eigenvalue weighted by Gasteiger charge is 2.26. The van der Waals surface area contributed by atoms with Gasteiger partial charge in [-0.05, 0) is 44.1 Å². The van der Waals surface area contributed by atoms with Gasteiger partial charge in [-0.3, -0.25) is 4.79 Å². The highest BCUT2D eigenvalue weighted by Crippen LogP contribution is 2.31. The van der Waals surface area contributed by atoms with Gasteiger partial charge in [0, 0.05) is 33.1 Å². The molecule has 3 heteroatoms. The van der Waals surface area contributed by atoms with Crippen LogP contribution in [0.3, 0.4) is 0 Å². The number of hydrogen-bond donors (Lipinski definition) is 0. The van der Waals surface area contributed by atoms with E-state index >= 15 is 0 Å². The molecule has 20 heavy (non-hydrogen) atoms. The maximum atomic E-state index is 11.4. The number of carbonyl (C=O) groups is 1. The SMILES string of the molecule is CCC1CCCC(CN(C)CC2CCN(C(C)=O)C2)C1. The van der Waals surface area contributed by atoms with Gasteiger partial charge in [0.1, 0.15) is 0 Å². The number of likely N-dealkylation sites (tertiary alicyclic amines) is 1. The van der Waals surface area contributed by atoms with Gasteiger partial charge in [0.05, 0.1) is 0 Å². The van der Waals surface area contributed by atoms with Crippen LogP contribution in [0.4, 0.5) is 0 Å². The van der Waals surface area contributed by atoms with Crippen LogP contribution in [0.5, 0.6) is 0 Å². The summed E-state index contributed by atoms with van der Waals surface area (Å²) in [5.41, 5.74) is 0. The van der Waals surface area contributed by atoms with Gasteiger partial charge in [-0.1, -0.05) is 26.2 Å². The molecule has 0 bridgehead atoms. The lowest BCUT2D eigenvalue weighted by atomic mass is 9.80. The summed E-state index contributed by atoms with van der Waals surface area (Å²) in [5.74, 6) is 2.81. The molecule has 0 aromatic heterocycles. The molecule has 2 rings (SSSR count). The van der Waals surface area contributed by atoms with Crippen molar-refractivity contribution >= 4 is 5.91 Å². The monoisotopic (exact) mass is 280 g/mol. The van der Waals surface area contributed by atoms with Gasteiger partial charge < -0.3 is 9.80 Å². The number of hydrogen-bond acceptors (Lipinski definition) is 2. The van der Waals surface area contributed by atoms with Gasteiger partial charge in [0.25, 0.3) is 0 Å². The standard InChI is InChI=1S/C17H32N2O/c1-4-15-6-5-7-16(10-15)11-18(3)12-17-8-9-19(13-17)14(2)20/h15-17H,4-13H2,1-3H3. The van der Waals surface area contributed by atoms with Gasteiger partial charge in [-0.25, -0.2) is 0 Å². The van der Waals surface area contributed by atoms with Crippen LogP contribution in [0.1, 0.15) is 52.4 Å². The second-order valence-corrected chi connectivity index (χ2v) is 7.15. The minimum absolute atomic E-state index is 0.244. The van der Waals surface area contributed by atoms with E-state index in [9.17, 15) is 4.79 Å². The fourth-order valence-corrected chi connectivity index (χ4v) is 4.16. The number of rotatable bonds is 5. The summed E-state index contributed by atoms with van der Waals surface area (Å²) in [5, 5.41) is 0. The molecule has 0 radical (unpaired) electrons. The summed E-state index contributed by atoms with van der Waals surface area (Å²) < 4.78 is 0. The van der Waals surface area contributed by atoms with E-state index in [-0.39, 0.29) is 5.91 Å². The van der Waals surface area contributed by atoms with Crippen molar-refractivity contribution in [2.24, 2.45) is 17.8 Å². The predicted octanol–water partition coefficient (Wildman–Crippen LogP) is 3.00. The van der Waals surface area contributed by atoms with Crippen molar-refractivity contribution in [1.82, 2.24) is 9.80 Å². The maximum Gasteiger partial charge on any atom is 0.219 e. The Morgan fingerprint density at radius 3 is 2.50 bits per heavy atom. The van der Waals surface area contributed by atoms with Crippen LogP contribution in [0.25, 0.3) is 0 Å². The first-order chi connectivity index (χ1) is 9.58. The quantitative estimate of drug-likeness (QED) is 0.773. The Morgan fingerprint density at radius 1 is 1.15 bits per heavy atom. The topological polar surface area (TPSA) is 23.6 Å². The van der Waals surface area contributed by atoms with Crippen molar-refractivity contribution in [2.45, 2.75) is 52.4 Å². The first kappa shape index (κ1) is 15.8. The molecule has 0 spiro atoms. The van der Waals surface area contributed by atoms with Crippen LogP contribution >= 0.6 is 0 Å². The lowest BCUT2D eigenvalue weighted by molar-refractivity contribution is -0.127. The zero-order valence-electron chi connectivity index (χ0n) is 13.6. The van der Waals surface area contributed by atoms with E-state index in [4.69, 9.17) is 0 Å². The lowest BCUT2D eigenvalue weighted by Gasteiger charge is -2.32. The molecule has 1 amide bonds. The minimum atomic E-state index is 0.244. The van der Waals surface area contributed by atoms with Crippen molar-refractivity contribution in [3.63, 3.8) is 0 Å². The van der Waals surface area contributed by atoms with Crippen molar-refractivity contribution in [3.05, 3.63) is 0 Å². The van der Waals surface area contributed by atoms with Gasteiger partial charge in [-0.15, -0.1) is 0 Å². The smallest absolute Gasteiger partial charge is 0.219 e. The Morgan fingerprint density at radius 2 is 1.85 bits per heavy atom. The first-order valence-electron chi connectivity index (χ1n) is 8.52. The Labute approximate surface area is 124 Å². The molecular formula is C17H32N2O. The summed E-state index contributed by atoms with van der Waals surface area (Å²) in [6.45, 7) is 8.39. The van der Waals surface area contributed by atoms with Crippen molar-refractivity contribution in [3.8, 4) is 0 Å². The van der Waals surface area contributed by atoms with Crippen LogP contribution in [0.15, 0.2) is 0 Å². The molecule has 2 fully saturated rings.